The largest absolute Gasteiger partial charge is 0.483 e. The van der Waals surface area contributed by atoms with Gasteiger partial charge in [-0.05, 0) is 17.3 Å². The topological polar surface area (TPSA) is 40.5 Å². The van der Waals surface area contributed by atoms with Crippen LogP contribution in [0.2, 0.25) is 0 Å². The van der Waals surface area contributed by atoms with E-state index in [0.29, 0.717) is 11.9 Å². The van der Waals surface area contributed by atoms with Crippen molar-refractivity contribution in [2.75, 3.05) is 0 Å². The highest BCUT2D eigenvalue weighted by molar-refractivity contribution is 6.50. The maximum absolute atomic E-state index is 8.64. The van der Waals surface area contributed by atoms with Crippen LogP contribution < -0.4 is 0 Å². The van der Waals surface area contributed by atoms with Crippen molar-refractivity contribution >= 4 is 7.12 Å². The van der Waals surface area contributed by atoms with Gasteiger partial charge in [-0.3, -0.25) is 0 Å². The molecular formula is C7H15BO2. The molecule has 0 saturated carbocycles. The minimum absolute atomic E-state index is 0.0841. The van der Waals surface area contributed by atoms with E-state index in [1.807, 2.05) is 20.8 Å². The minimum atomic E-state index is -1.36. The van der Waals surface area contributed by atoms with Gasteiger partial charge >= 0.3 is 7.12 Å². The Morgan fingerprint density at radius 3 is 1.90 bits per heavy atom. The summed E-state index contributed by atoms with van der Waals surface area (Å²) in [5, 5.41) is 17.3. The van der Waals surface area contributed by atoms with E-state index in [2.05, 4.69) is 6.58 Å². The van der Waals surface area contributed by atoms with Gasteiger partial charge in [0, 0.05) is 0 Å². The molecule has 10 heavy (non-hydrogen) atoms. The van der Waals surface area contributed by atoms with E-state index in [0.717, 1.165) is 0 Å². The van der Waals surface area contributed by atoms with E-state index in [1.54, 1.807) is 0 Å². The lowest BCUT2D eigenvalue weighted by Crippen LogP contribution is -2.19. The van der Waals surface area contributed by atoms with Crippen molar-refractivity contribution in [3.8, 4) is 0 Å². The molecule has 0 aliphatic rings. The average Bonchev–Trinajstić information content (AvgIpc) is 1.60. The molecule has 2 nitrogen and oxygen atoms in total. The molecule has 0 aromatic rings. The zero-order chi connectivity index (χ0) is 8.36. The van der Waals surface area contributed by atoms with Crippen LogP contribution in [-0.4, -0.2) is 17.2 Å². The first-order valence-electron chi connectivity index (χ1n) is 3.37. The van der Waals surface area contributed by atoms with E-state index in [9.17, 15) is 0 Å². The van der Waals surface area contributed by atoms with E-state index in [4.69, 9.17) is 10.0 Å². The third kappa shape index (κ3) is 4.59. The van der Waals surface area contributed by atoms with Crippen LogP contribution in [0, 0.1) is 5.41 Å². The maximum atomic E-state index is 8.64. The van der Waals surface area contributed by atoms with Gasteiger partial charge in [-0.2, -0.15) is 0 Å². The highest BCUT2D eigenvalue weighted by Gasteiger charge is 2.19. The van der Waals surface area contributed by atoms with Gasteiger partial charge in [0.25, 0.3) is 0 Å². The van der Waals surface area contributed by atoms with Gasteiger partial charge in [0.15, 0.2) is 0 Å². The fraction of sp³-hybridized carbons (Fsp3) is 0.714. The summed E-state index contributed by atoms with van der Waals surface area (Å²) < 4.78 is 0. The van der Waals surface area contributed by atoms with E-state index >= 15 is 0 Å². The van der Waals surface area contributed by atoms with Crippen molar-refractivity contribution < 1.29 is 10.0 Å². The predicted octanol–water partition coefficient (Wildman–Crippen LogP) is 0.991. The first-order chi connectivity index (χ1) is 4.33. The molecule has 0 saturated heterocycles. The first kappa shape index (κ1) is 9.72. The lowest BCUT2D eigenvalue weighted by Gasteiger charge is -2.18. The molecule has 0 heterocycles. The Morgan fingerprint density at radius 1 is 1.40 bits per heavy atom. The van der Waals surface area contributed by atoms with Crippen LogP contribution in [0.4, 0.5) is 0 Å². The smallest absolute Gasteiger partial charge is 0.423 e. The normalized spacial score (nSPS) is 11.3. The number of allylic oxidation sites excluding steroid dienone is 1. The van der Waals surface area contributed by atoms with Crippen LogP contribution in [0.25, 0.3) is 0 Å². The molecule has 0 fully saturated rings. The van der Waals surface area contributed by atoms with Crippen LogP contribution >= 0.6 is 0 Å². The van der Waals surface area contributed by atoms with Gasteiger partial charge in [0.2, 0.25) is 0 Å². The lowest BCUT2D eigenvalue weighted by molar-refractivity contribution is 0.382. The fourth-order valence-corrected chi connectivity index (χ4v) is 0.772. The third-order valence-corrected chi connectivity index (χ3v) is 1.12. The lowest BCUT2D eigenvalue weighted by atomic mass is 9.72. The molecule has 0 rings (SSSR count). The Morgan fingerprint density at radius 2 is 1.80 bits per heavy atom. The minimum Gasteiger partial charge on any atom is -0.423 e. The van der Waals surface area contributed by atoms with Gasteiger partial charge in [-0.25, -0.2) is 0 Å². The predicted molar refractivity (Wildman–Crippen MR) is 43.4 cm³/mol. The molecule has 2 N–H and O–H groups in total. The van der Waals surface area contributed by atoms with Crippen LogP contribution in [-0.2, 0) is 0 Å². The molecule has 0 aliphatic heterocycles. The molecule has 0 amide bonds. The van der Waals surface area contributed by atoms with Gasteiger partial charge in [0.1, 0.15) is 0 Å². The fourth-order valence-electron chi connectivity index (χ4n) is 0.772. The number of hydrogen-bond acceptors (Lipinski definition) is 2. The van der Waals surface area contributed by atoms with E-state index in [1.165, 1.54) is 0 Å². The maximum Gasteiger partial charge on any atom is 0.483 e. The number of rotatable bonds is 2. The standard InChI is InChI=1S/C7H15BO2/c1-6(8(9)10)5-7(2,3)4/h9-10H,1,5H2,2-4H3. The summed E-state index contributed by atoms with van der Waals surface area (Å²) in [6.45, 7) is 9.62. The number of hydrogen-bond donors (Lipinski definition) is 2. The molecule has 58 valence electrons. The summed E-state index contributed by atoms with van der Waals surface area (Å²) in [7, 11) is -1.36. The molecule has 0 aliphatic carbocycles. The van der Waals surface area contributed by atoms with Crippen molar-refractivity contribution in [3.05, 3.63) is 12.1 Å². The van der Waals surface area contributed by atoms with Crippen molar-refractivity contribution in [1.29, 1.82) is 0 Å². The summed E-state index contributed by atoms with van der Waals surface area (Å²) >= 11 is 0. The highest BCUT2D eigenvalue weighted by atomic mass is 16.4. The molecule has 0 atom stereocenters. The van der Waals surface area contributed by atoms with E-state index < -0.39 is 7.12 Å². The van der Waals surface area contributed by atoms with Crippen LogP contribution in [0.15, 0.2) is 12.1 Å². The average molecular weight is 142 g/mol. The molecular weight excluding hydrogens is 127 g/mol. The second-order valence-electron chi connectivity index (χ2n) is 3.77. The second-order valence-corrected chi connectivity index (χ2v) is 3.77. The molecule has 3 heteroatoms. The SMILES string of the molecule is C=C(CC(C)(C)C)B(O)O. The zero-order valence-electron chi connectivity index (χ0n) is 6.89. The summed E-state index contributed by atoms with van der Waals surface area (Å²) in [5.74, 6) is 0. The van der Waals surface area contributed by atoms with Crippen LogP contribution in [0.1, 0.15) is 27.2 Å². The molecule has 0 spiro atoms. The van der Waals surface area contributed by atoms with Crippen LogP contribution in [0.5, 0.6) is 0 Å². The molecule has 0 unspecified atom stereocenters. The summed E-state index contributed by atoms with van der Waals surface area (Å²) in [5.41, 5.74) is 0.563. The molecule has 0 aromatic carbocycles. The quantitative estimate of drug-likeness (QED) is 0.564. The monoisotopic (exact) mass is 142 g/mol. The third-order valence-electron chi connectivity index (χ3n) is 1.12. The first-order valence-corrected chi connectivity index (χ1v) is 3.37. The Balaban J connectivity index is 3.81. The van der Waals surface area contributed by atoms with Gasteiger partial charge in [-0.1, -0.05) is 20.8 Å². The Bertz CT molecular complexity index is 124. The van der Waals surface area contributed by atoms with Crippen molar-refractivity contribution in [2.24, 2.45) is 5.41 Å². The zero-order valence-corrected chi connectivity index (χ0v) is 6.89. The van der Waals surface area contributed by atoms with Gasteiger partial charge < -0.3 is 10.0 Å². The Labute approximate surface area is 62.7 Å². The van der Waals surface area contributed by atoms with Crippen molar-refractivity contribution in [3.63, 3.8) is 0 Å². The van der Waals surface area contributed by atoms with Gasteiger partial charge in [0.05, 0.1) is 0 Å². The summed E-state index contributed by atoms with van der Waals surface area (Å²) in [6.07, 6.45) is 0.644. The summed E-state index contributed by atoms with van der Waals surface area (Å²) in [6, 6.07) is 0. The van der Waals surface area contributed by atoms with E-state index in [-0.39, 0.29) is 5.41 Å². The summed E-state index contributed by atoms with van der Waals surface area (Å²) in [4.78, 5) is 0. The Kier molecular flexibility index (Phi) is 3.13. The van der Waals surface area contributed by atoms with Crippen molar-refractivity contribution in [2.45, 2.75) is 27.2 Å². The Hall–Kier alpha value is -0.275. The van der Waals surface area contributed by atoms with Crippen molar-refractivity contribution in [1.82, 2.24) is 0 Å². The highest BCUT2D eigenvalue weighted by Crippen LogP contribution is 2.23. The second kappa shape index (κ2) is 3.22. The molecule has 0 aromatic heterocycles. The molecule has 0 bridgehead atoms. The molecule has 0 radical (unpaired) electrons. The van der Waals surface area contributed by atoms with Crippen LogP contribution in [0.3, 0.4) is 0 Å². The van der Waals surface area contributed by atoms with Gasteiger partial charge in [-0.15, -0.1) is 6.58 Å².